The number of carbonyl (C=O) groups is 1. The summed E-state index contributed by atoms with van der Waals surface area (Å²) in [5.41, 5.74) is 2.73. The Morgan fingerprint density at radius 2 is 1.88 bits per heavy atom. The number of hydrogen-bond acceptors (Lipinski definition) is 4. The summed E-state index contributed by atoms with van der Waals surface area (Å²) in [5.74, 6) is 1.38. The molecule has 0 spiro atoms. The van der Waals surface area contributed by atoms with Crippen molar-refractivity contribution in [3.8, 4) is 5.75 Å². The van der Waals surface area contributed by atoms with Crippen LogP contribution in [0.2, 0.25) is 5.02 Å². The number of carbonyl (C=O) groups excluding carboxylic acids is 1. The minimum Gasteiger partial charge on any atom is -0.495 e. The molecule has 0 unspecified atom stereocenters. The van der Waals surface area contributed by atoms with Gasteiger partial charge in [0.25, 0.3) is 0 Å². The summed E-state index contributed by atoms with van der Waals surface area (Å²) in [6, 6.07) is 13.7. The molecule has 2 N–H and O–H groups in total. The van der Waals surface area contributed by atoms with Crippen molar-refractivity contribution in [2.45, 2.75) is 20.4 Å². The van der Waals surface area contributed by atoms with E-state index in [1.54, 1.807) is 7.11 Å². The topological polar surface area (TPSA) is 69.2 Å². The number of amides is 1. The van der Waals surface area contributed by atoms with Crippen LogP contribution in [-0.4, -0.2) is 56.6 Å². The largest absolute Gasteiger partial charge is 0.495 e. The van der Waals surface area contributed by atoms with E-state index in [-0.39, 0.29) is 29.9 Å². The van der Waals surface area contributed by atoms with Gasteiger partial charge in [-0.05, 0) is 36.8 Å². The quantitative estimate of drug-likeness (QED) is 0.309. The second-order valence-electron chi connectivity index (χ2n) is 7.31. The molecular formula is C23H31ClIN5O2. The second kappa shape index (κ2) is 12.7. The number of halogens is 2. The normalized spacial score (nSPS) is 13.9. The molecule has 2 aromatic carbocycles. The number of ether oxygens (including phenoxy) is 1. The maximum absolute atomic E-state index is 11.5. The molecule has 0 atom stereocenters. The predicted molar refractivity (Wildman–Crippen MR) is 143 cm³/mol. The van der Waals surface area contributed by atoms with Gasteiger partial charge in [-0.2, -0.15) is 0 Å². The number of para-hydroxylation sites is 1. The van der Waals surface area contributed by atoms with Crippen LogP contribution in [0.3, 0.4) is 0 Å². The van der Waals surface area contributed by atoms with Gasteiger partial charge in [-0.25, -0.2) is 4.99 Å². The average Bonchev–Trinajstić information content (AvgIpc) is 2.77. The molecule has 1 saturated heterocycles. The van der Waals surface area contributed by atoms with Crippen molar-refractivity contribution in [3.05, 3.63) is 53.1 Å². The average molecular weight is 572 g/mol. The molecule has 0 bridgehead atoms. The Labute approximate surface area is 212 Å². The molecule has 0 aliphatic carbocycles. The molecule has 32 heavy (non-hydrogen) atoms. The molecule has 2 aromatic rings. The first-order valence-electron chi connectivity index (χ1n) is 10.5. The number of guanidine groups is 1. The molecule has 1 amide bonds. The van der Waals surface area contributed by atoms with E-state index in [2.05, 4.69) is 33.4 Å². The predicted octanol–water partition coefficient (Wildman–Crippen LogP) is 4.21. The van der Waals surface area contributed by atoms with E-state index in [9.17, 15) is 4.79 Å². The number of anilines is 2. The van der Waals surface area contributed by atoms with Gasteiger partial charge in [0, 0.05) is 39.6 Å². The van der Waals surface area contributed by atoms with Crippen molar-refractivity contribution >= 4 is 58.8 Å². The molecule has 7 nitrogen and oxygen atoms in total. The summed E-state index contributed by atoms with van der Waals surface area (Å²) in [4.78, 5) is 20.9. The van der Waals surface area contributed by atoms with Gasteiger partial charge >= 0.3 is 0 Å². The summed E-state index contributed by atoms with van der Waals surface area (Å²) in [7, 11) is 1.59. The molecule has 0 aromatic heterocycles. The first kappa shape index (κ1) is 26.1. The first-order valence-corrected chi connectivity index (χ1v) is 10.9. The van der Waals surface area contributed by atoms with Crippen molar-refractivity contribution in [1.29, 1.82) is 0 Å². The zero-order valence-electron chi connectivity index (χ0n) is 18.7. The first-order chi connectivity index (χ1) is 15.0. The molecule has 1 aliphatic rings. The number of nitrogens with one attached hydrogen (secondary N) is 2. The molecule has 9 heteroatoms. The van der Waals surface area contributed by atoms with Crippen LogP contribution >= 0.6 is 35.6 Å². The van der Waals surface area contributed by atoms with Crippen LogP contribution in [0.15, 0.2) is 47.5 Å². The fraction of sp³-hybridized carbons (Fsp3) is 0.391. The van der Waals surface area contributed by atoms with Gasteiger partial charge in [0.15, 0.2) is 5.96 Å². The lowest BCUT2D eigenvalue weighted by Gasteiger charge is -2.38. The molecule has 1 fully saturated rings. The highest BCUT2D eigenvalue weighted by Gasteiger charge is 2.21. The minimum absolute atomic E-state index is 0. The van der Waals surface area contributed by atoms with Crippen molar-refractivity contribution in [2.75, 3.05) is 50.1 Å². The number of piperazine rings is 1. The summed E-state index contributed by atoms with van der Waals surface area (Å²) < 4.78 is 5.33. The van der Waals surface area contributed by atoms with Crippen molar-refractivity contribution in [3.63, 3.8) is 0 Å². The number of methoxy groups -OCH3 is 1. The number of aliphatic imine (C=N–C) groups is 1. The third-order valence-electron chi connectivity index (χ3n) is 5.09. The maximum atomic E-state index is 11.5. The molecular weight excluding hydrogens is 541 g/mol. The number of hydrogen-bond donors (Lipinski definition) is 2. The number of nitrogens with zero attached hydrogens (tertiary/aromatic N) is 3. The molecule has 1 aliphatic heterocycles. The Morgan fingerprint density at radius 1 is 1.16 bits per heavy atom. The van der Waals surface area contributed by atoms with Gasteiger partial charge in [-0.3, -0.25) is 4.79 Å². The molecule has 174 valence electrons. The summed E-state index contributed by atoms with van der Waals surface area (Å²) in [6.07, 6.45) is 0. The highest BCUT2D eigenvalue weighted by molar-refractivity contribution is 14.0. The monoisotopic (exact) mass is 571 g/mol. The maximum Gasteiger partial charge on any atom is 0.221 e. The molecule has 0 radical (unpaired) electrons. The van der Waals surface area contributed by atoms with Crippen LogP contribution in [-0.2, 0) is 11.3 Å². The number of rotatable bonds is 6. The third kappa shape index (κ3) is 6.90. The summed E-state index contributed by atoms with van der Waals surface area (Å²) >= 11 is 6.36. The van der Waals surface area contributed by atoms with Crippen LogP contribution in [0, 0.1) is 0 Å². The van der Waals surface area contributed by atoms with Gasteiger partial charge in [-0.1, -0.05) is 29.8 Å². The SMILES string of the molecule is CCNC(=NCc1ccc(OC)c(NC(C)=O)c1)N1CCN(c2ccccc2Cl)CC1.I. The van der Waals surface area contributed by atoms with Crippen LogP contribution in [0.25, 0.3) is 0 Å². The molecule has 0 saturated carbocycles. The van der Waals surface area contributed by atoms with Crippen LogP contribution in [0.4, 0.5) is 11.4 Å². The van der Waals surface area contributed by atoms with Crippen molar-refractivity contribution in [1.82, 2.24) is 10.2 Å². The number of benzene rings is 2. The van der Waals surface area contributed by atoms with Gasteiger partial charge in [0.05, 0.1) is 30.1 Å². The zero-order valence-corrected chi connectivity index (χ0v) is 21.8. The lowest BCUT2D eigenvalue weighted by Crippen LogP contribution is -2.52. The van der Waals surface area contributed by atoms with E-state index in [0.717, 1.165) is 55.0 Å². The summed E-state index contributed by atoms with van der Waals surface area (Å²) in [5, 5.41) is 6.99. The Bertz CT molecular complexity index is 932. The smallest absolute Gasteiger partial charge is 0.221 e. The fourth-order valence-corrected chi connectivity index (χ4v) is 3.86. The van der Waals surface area contributed by atoms with E-state index in [0.29, 0.717) is 18.0 Å². The standard InChI is InChI=1S/C23H30ClN5O2.HI/c1-4-25-23(26-16-18-9-10-22(31-3)20(15-18)27-17(2)30)29-13-11-28(12-14-29)21-8-6-5-7-19(21)24;/h5-10,15H,4,11-14,16H2,1-3H3,(H,25,26)(H,27,30);1H. The van der Waals surface area contributed by atoms with Crippen LogP contribution in [0.1, 0.15) is 19.4 Å². The lowest BCUT2D eigenvalue weighted by molar-refractivity contribution is -0.114. The highest BCUT2D eigenvalue weighted by atomic mass is 127. The lowest BCUT2D eigenvalue weighted by atomic mass is 10.2. The van der Waals surface area contributed by atoms with E-state index < -0.39 is 0 Å². The Balaban J connectivity index is 0.00000363. The Kier molecular flexibility index (Phi) is 10.4. The van der Waals surface area contributed by atoms with Gasteiger partial charge in [0.1, 0.15) is 5.75 Å². The van der Waals surface area contributed by atoms with Gasteiger partial charge < -0.3 is 25.2 Å². The summed E-state index contributed by atoms with van der Waals surface area (Å²) in [6.45, 7) is 8.32. The van der Waals surface area contributed by atoms with Crippen LogP contribution in [0.5, 0.6) is 5.75 Å². The third-order valence-corrected chi connectivity index (χ3v) is 5.41. The van der Waals surface area contributed by atoms with Gasteiger partial charge in [-0.15, -0.1) is 24.0 Å². The van der Waals surface area contributed by atoms with Crippen LogP contribution < -0.4 is 20.3 Å². The Hall–Kier alpha value is -2.20. The molecule has 1 heterocycles. The van der Waals surface area contributed by atoms with E-state index in [1.165, 1.54) is 6.92 Å². The van der Waals surface area contributed by atoms with Gasteiger partial charge in [0.2, 0.25) is 5.91 Å². The Morgan fingerprint density at radius 3 is 2.50 bits per heavy atom. The minimum atomic E-state index is -0.135. The molecule has 3 rings (SSSR count). The van der Waals surface area contributed by atoms with E-state index in [1.807, 2.05) is 36.4 Å². The fourth-order valence-electron chi connectivity index (χ4n) is 3.60. The second-order valence-corrected chi connectivity index (χ2v) is 7.72. The van der Waals surface area contributed by atoms with Crippen molar-refractivity contribution < 1.29 is 9.53 Å². The zero-order chi connectivity index (χ0) is 22.2. The van der Waals surface area contributed by atoms with Crippen molar-refractivity contribution in [2.24, 2.45) is 4.99 Å². The highest BCUT2D eigenvalue weighted by Crippen LogP contribution is 2.27. The van der Waals surface area contributed by atoms with E-state index in [4.69, 9.17) is 21.3 Å². The van der Waals surface area contributed by atoms with E-state index >= 15 is 0 Å².